The molecular formula is C10H13BrN2. The monoisotopic (exact) mass is 240 g/mol. The van der Waals surface area contributed by atoms with Gasteiger partial charge in [-0.3, -0.25) is 0 Å². The van der Waals surface area contributed by atoms with Gasteiger partial charge in [-0.05, 0) is 47.3 Å². The molecule has 0 unspecified atom stereocenters. The number of hydrogen-bond acceptors (Lipinski definition) is 2. The molecule has 1 aliphatic rings. The Kier molecular flexibility index (Phi) is 2.54. The van der Waals surface area contributed by atoms with Crippen LogP contribution in [0.4, 0.5) is 5.82 Å². The number of nitrogens with zero attached hydrogens (tertiary/aromatic N) is 2. The van der Waals surface area contributed by atoms with E-state index in [1.165, 1.54) is 18.4 Å². The first-order valence-electron chi connectivity index (χ1n) is 4.64. The predicted octanol–water partition coefficient (Wildman–Crippen LogP) is 2.75. The fraction of sp³-hybridized carbons (Fsp3) is 0.500. The number of hydrogen-bond donors (Lipinski definition) is 0. The molecular weight excluding hydrogens is 228 g/mol. The van der Waals surface area contributed by atoms with Crippen LogP contribution in [0.25, 0.3) is 0 Å². The Morgan fingerprint density at radius 3 is 2.69 bits per heavy atom. The van der Waals surface area contributed by atoms with Crippen molar-refractivity contribution >= 4 is 21.7 Å². The molecule has 1 aromatic heterocycles. The molecule has 0 N–H and O–H groups in total. The maximum atomic E-state index is 4.40. The number of rotatable bonds is 1. The van der Waals surface area contributed by atoms with Crippen LogP contribution in [0.3, 0.4) is 0 Å². The lowest BCUT2D eigenvalue weighted by molar-refractivity contribution is 0.934. The Balaban J connectivity index is 2.25. The Labute approximate surface area is 87.1 Å². The highest BCUT2D eigenvalue weighted by molar-refractivity contribution is 9.10. The van der Waals surface area contributed by atoms with Gasteiger partial charge in [-0.2, -0.15) is 0 Å². The maximum Gasteiger partial charge on any atom is 0.128 e. The molecule has 0 aromatic carbocycles. The Hall–Kier alpha value is -0.570. The maximum absolute atomic E-state index is 4.40. The molecule has 0 amide bonds. The second-order valence-corrected chi connectivity index (χ2v) is 4.34. The summed E-state index contributed by atoms with van der Waals surface area (Å²) in [4.78, 5) is 6.75. The summed E-state index contributed by atoms with van der Waals surface area (Å²) in [7, 11) is 0. The van der Waals surface area contributed by atoms with E-state index in [4.69, 9.17) is 0 Å². The summed E-state index contributed by atoms with van der Waals surface area (Å²) in [6.07, 6.45) is 4.50. The van der Waals surface area contributed by atoms with Gasteiger partial charge in [0.05, 0.1) is 0 Å². The molecule has 0 bridgehead atoms. The van der Waals surface area contributed by atoms with E-state index in [1.807, 2.05) is 6.20 Å². The van der Waals surface area contributed by atoms with Crippen molar-refractivity contribution in [1.29, 1.82) is 0 Å². The second-order valence-electron chi connectivity index (χ2n) is 3.49. The topological polar surface area (TPSA) is 16.1 Å². The number of aromatic nitrogens is 1. The molecule has 0 aliphatic carbocycles. The van der Waals surface area contributed by atoms with Crippen LogP contribution in [-0.2, 0) is 0 Å². The zero-order chi connectivity index (χ0) is 9.26. The molecule has 3 heteroatoms. The Bertz CT molecular complexity index is 306. The molecule has 0 radical (unpaired) electrons. The van der Waals surface area contributed by atoms with Gasteiger partial charge < -0.3 is 4.90 Å². The van der Waals surface area contributed by atoms with Crippen molar-refractivity contribution in [2.75, 3.05) is 18.0 Å². The van der Waals surface area contributed by atoms with Crippen molar-refractivity contribution in [3.63, 3.8) is 0 Å². The largest absolute Gasteiger partial charge is 0.357 e. The number of aryl methyl sites for hydroxylation is 1. The van der Waals surface area contributed by atoms with E-state index in [-0.39, 0.29) is 0 Å². The van der Waals surface area contributed by atoms with Gasteiger partial charge in [0, 0.05) is 23.8 Å². The molecule has 2 heterocycles. The molecule has 0 atom stereocenters. The van der Waals surface area contributed by atoms with Gasteiger partial charge in [-0.1, -0.05) is 0 Å². The van der Waals surface area contributed by atoms with E-state index in [9.17, 15) is 0 Å². The van der Waals surface area contributed by atoms with Gasteiger partial charge in [0.15, 0.2) is 0 Å². The third kappa shape index (κ3) is 1.85. The standard InChI is InChI=1S/C10H13BrN2/c1-8-6-10(12-7-9(8)11)13-4-2-3-5-13/h6-7H,2-5H2,1H3. The van der Waals surface area contributed by atoms with Crippen LogP contribution >= 0.6 is 15.9 Å². The normalized spacial score (nSPS) is 16.6. The molecule has 1 aliphatic heterocycles. The molecule has 13 heavy (non-hydrogen) atoms. The fourth-order valence-electron chi connectivity index (χ4n) is 1.64. The molecule has 0 saturated carbocycles. The lowest BCUT2D eigenvalue weighted by Gasteiger charge is -2.16. The van der Waals surface area contributed by atoms with Crippen molar-refractivity contribution in [1.82, 2.24) is 4.98 Å². The summed E-state index contributed by atoms with van der Waals surface area (Å²) in [5.74, 6) is 1.12. The van der Waals surface area contributed by atoms with Gasteiger partial charge >= 0.3 is 0 Å². The number of anilines is 1. The highest BCUT2D eigenvalue weighted by Gasteiger charge is 2.13. The van der Waals surface area contributed by atoms with Gasteiger partial charge in [0.25, 0.3) is 0 Å². The third-order valence-corrected chi connectivity index (χ3v) is 3.29. The molecule has 1 fully saturated rings. The minimum absolute atomic E-state index is 1.09. The van der Waals surface area contributed by atoms with Crippen molar-refractivity contribution in [2.24, 2.45) is 0 Å². The van der Waals surface area contributed by atoms with Gasteiger partial charge in [-0.25, -0.2) is 4.98 Å². The zero-order valence-corrected chi connectivity index (χ0v) is 9.34. The van der Waals surface area contributed by atoms with Crippen LogP contribution in [0.5, 0.6) is 0 Å². The first-order valence-corrected chi connectivity index (χ1v) is 5.44. The lowest BCUT2D eigenvalue weighted by Crippen LogP contribution is -2.18. The lowest BCUT2D eigenvalue weighted by atomic mass is 10.3. The fourth-order valence-corrected chi connectivity index (χ4v) is 1.86. The summed E-state index contributed by atoms with van der Waals surface area (Å²) < 4.78 is 1.09. The van der Waals surface area contributed by atoms with Crippen LogP contribution in [0, 0.1) is 6.92 Å². The van der Waals surface area contributed by atoms with E-state index in [2.05, 4.69) is 38.8 Å². The number of pyridine rings is 1. The average Bonchev–Trinajstić information content (AvgIpc) is 2.62. The Morgan fingerprint density at radius 2 is 2.08 bits per heavy atom. The van der Waals surface area contributed by atoms with Crippen LogP contribution < -0.4 is 4.90 Å². The van der Waals surface area contributed by atoms with Crippen LogP contribution in [-0.4, -0.2) is 18.1 Å². The van der Waals surface area contributed by atoms with Crippen molar-refractivity contribution < 1.29 is 0 Å². The average molecular weight is 241 g/mol. The van der Waals surface area contributed by atoms with Crippen molar-refractivity contribution in [3.05, 3.63) is 22.3 Å². The molecule has 0 spiro atoms. The molecule has 2 nitrogen and oxygen atoms in total. The smallest absolute Gasteiger partial charge is 0.128 e. The molecule has 1 aromatic rings. The number of halogens is 1. The molecule has 1 saturated heterocycles. The van der Waals surface area contributed by atoms with E-state index >= 15 is 0 Å². The Morgan fingerprint density at radius 1 is 1.38 bits per heavy atom. The highest BCUT2D eigenvalue weighted by Crippen LogP contribution is 2.22. The van der Waals surface area contributed by atoms with E-state index in [1.54, 1.807) is 0 Å². The summed E-state index contributed by atoms with van der Waals surface area (Å²) >= 11 is 3.46. The summed E-state index contributed by atoms with van der Waals surface area (Å²) in [5, 5.41) is 0. The minimum Gasteiger partial charge on any atom is -0.357 e. The summed E-state index contributed by atoms with van der Waals surface area (Å²) in [6.45, 7) is 4.42. The van der Waals surface area contributed by atoms with Crippen LogP contribution in [0.2, 0.25) is 0 Å². The molecule has 70 valence electrons. The van der Waals surface area contributed by atoms with Gasteiger partial charge in [0.2, 0.25) is 0 Å². The molecule has 2 rings (SSSR count). The van der Waals surface area contributed by atoms with E-state index in [0.717, 1.165) is 23.4 Å². The van der Waals surface area contributed by atoms with Gasteiger partial charge in [0.1, 0.15) is 5.82 Å². The second kappa shape index (κ2) is 3.66. The first kappa shape index (κ1) is 9.00. The predicted molar refractivity (Wildman–Crippen MR) is 58.1 cm³/mol. The summed E-state index contributed by atoms with van der Waals surface area (Å²) in [5.41, 5.74) is 1.26. The highest BCUT2D eigenvalue weighted by atomic mass is 79.9. The van der Waals surface area contributed by atoms with Crippen LogP contribution in [0.1, 0.15) is 18.4 Å². The zero-order valence-electron chi connectivity index (χ0n) is 7.76. The third-order valence-electron chi connectivity index (χ3n) is 2.46. The first-order chi connectivity index (χ1) is 6.27. The van der Waals surface area contributed by atoms with E-state index in [0.29, 0.717) is 0 Å². The quantitative estimate of drug-likeness (QED) is 0.751. The van der Waals surface area contributed by atoms with Crippen LogP contribution in [0.15, 0.2) is 16.7 Å². The van der Waals surface area contributed by atoms with Crippen molar-refractivity contribution in [2.45, 2.75) is 19.8 Å². The van der Waals surface area contributed by atoms with Gasteiger partial charge in [-0.15, -0.1) is 0 Å². The van der Waals surface area contributed by atoms with E-state index < -0.39 is 0 Å². The SMILES string of the molecule is Cc1cc(N2CCCC2)ncc1Br. The van der Waals surface area contributed by atoms with Crippen molar-refractivity contribution in [3.8, 4) is 0 Å². The summed E-state index contributed by atoms with van der Waals surface area (Å²) in [6, 6.07) is 2.15. The minimum atomic E-state index is 1.09.